The monoisotopic (exact) mass is 150 g/mol. The Morgan fingerprint density at radius 3 is 2.55 bits per heavy atom. The molecule has 0 radical (unpaired) electrons. The maximum Gasteiger partial charge on any atom is 0.0689 e. The Hall–Kier alpha value is -1.35. The standard InChI is InChI=1S/C8H10N2O/c9-8(6-10-11)7-4-2-1-3-5-7/h1-6,8,11H,9H2. The molecule has 3 heteroatoms. The van der Waals surface area contributed by atoms with E-state index in [-0.39, 0.29) is 6.04 Å². The van der Waals surface area contributed by atoms with Crippen LogP contribution in [0.2, 0.25) is 0 Å². The van der Waals surface area contributed by atoms with Gasteiger partial charge in [0.1, 0.15) is 0 Å². The van der Waals surface area contributed by atoms with Gasteiger partial charge in [0, 0.05) is 0 Å². The second kappa shape index (κ2) is 3.73. The van der Waals surface area contributed by atoms with Crippen LogP contribution in [0.3, 0.4) is 0 Å². The van der Waals surface area contributed by atoms with Crippen LogP contribution in [-0.2, 0) is 0 Å². The Labute approximate surface area is 65.1 Å². The van der Waals surface area contributed by atoms with Crippen molar-refractivity contribution in [3.05, 3.63) is 35.9 Å². The van der Waals surface area contributed by atoms with Crippen LogP contribution in [0.15, 0.2) is 35.5 Å². The summed E-state index contributed by atoms with van der Waals surface area (Å²) in [6.45, 7) is 0. The van der Waals surface area contributed by atoms with Gasteiger partial charge in [0.2, 0.25) is 0 Å². The van der Waals surface area contributed by atoms with Gasteiger partial charge in [0.15, 0.2) is 0 Å². The highest BCUT2D eigenvalue weighted by molar-refractivity contribution is 5.65. The Morgan fingerprint density at radius 2 is 2.00 bits per heavy atom. The summed E-state index contributed by atoms with van der Waals surface area (Å²) in [5.41, 5.74) is 6.53. The topological polar surface area (TPSA) is 58.6 Å². The van der Waals surface area contributed by atoms with Gasteiger partial charge in [-0.3, -0.25) is 0 Å². The molecule has 0 saturated carbocycles. The summed E-state index contributed by atoms with van der Waals surface area (Å²) in [5, 5.41) is 11.0. The first-order chi connectivity index (χ1) is 5.34. The molecule has 0 aliphatic heterocycles. The predicted octanol–water partition coefficient (Wildman–Crippen LogP) is 1.15. The number of hydrogen-bond acceptors (Lipinski definition) is 3. The first kappa shape index (κ1) is 7.75. The van der Waals surface area contributed by atoms with Crippen molar-refractivity contribution >= 4 is 6.21 Å². The number of benzene rings is 1. The Balaban J connectivity index is 2.76. The quantitative estimate of drug-likeness (QED) is 0.377. The summed E-state index contributed by atoms with van der Waals surface area (Å²) < 4.78 is 0. The molecule has 11 heavy (non-hydrogen) atoms. The van der Waals surface area contributed by atoms with E-state index in [1.165, 1.54) is 6.21 Å². The van der Waals surface area contributed by atoms with Crippen LogP contribution in [0.1, 0.15) is 11.6 Å². The van der Waals surface area contributed by atoms with Crippen LogP contribution in [0, 0.1) is 0 Å². The van der Waals surface area contributed by atoms with E-state index < -0.39 is 0 Å². The highest BCUT2D eigenvalue weighted by atomic mass is 16.4. The molecule has 1 unspecified atom stereocenters. The molecular formula is C8H10N2O. The van der Waals surface area contributed by atoms with Crippen molar-refractivity contribution in [2.45, 2.75) is 6.04 Å². The molecule has 1 aromatic rings. The predicted molar refractivity (Wildman–Crippen MR) is 43.6 cm³/mol. The van der Waals surface area contributed by atoms with Gasteiger partial charge in [0.25, 0.3) is 0 Å². The smallest absolute Gasteiger partial charge is 0.0689 e. The van der Waals surface area contributed by atoms with Crippen LogP contribution >= 0.6 is 0 Å². The molecule has 1 atom stereocenters. The first-order valence-electron chi connectivity index (χ1n) is 3.32. The maximum absolute atomic E-state index is 8.19. The molecule has 3 N–H and O–H groups in total. The van der Waals surface area contributed by atoms with Gasteiger partial charge in [0.05, 0.1) is 12.3 Å². The lowest BCUT2D eigenvalue weighted by atomic mass is 10.1. The summed E-state index contributed by atoms with van der Waals surface area (Å²) in [4.78, 5) is 0. The van der Waals surface area contributed by atoms with Gasteiger partial charge >= 0.3 is 0 Å². The number of rotatable bonds is 2. The van der Waals surface area contributed by atoms with E-state index in [2.05, 4.69) is 5.16 Å². The van der Waals surface area contributed by atoms with Crippen LogP contribution < -0.4 is 5.73 Å². The van der Waals surface area contributed by atoms with Gasteiger partial charge in [-0.1, -0.05) is 30.3 Å². The molecule has 0 aromatic heterocycles. The minimum atomic E-state index is -0.318. The molecular weight excluding hydrogens is 140 g/mol. The third-order valence-corrected chi connectivity index (χ3v) is 1.41. The summed E-state index contributed by atoms with van der Waals surface area (Å²) >= 11 is 0. The average Bonchev–Trinajstić information content (AvgIpc) is 2.07. The number of hydrogen-bond donors (Lipinski definition) is 2. The minimum absolute atomic E-state index is 0.318. The Kier molecular flexibility index (Phi) is 2.63. The highest BCUT2D eigenvalue weighted by Crippen LogP contribution is 2.05. The van der Waals surface area contributed by atoms with Gasteiger partial charge in [-0.05, 0) is 5.56 Å². The van der Waals surface area contributed by atoms with E-state index in [1.807, 2.05) is 30.3 Å². The maximum atomic E-state index is 8.19. The van der Waals surface area contributed by atoms with Crippen molar-refractivity contribution in [2.24, 2.45) is 10.9 Å². The van der Waals surface area contributed by atoms with E-state index in [0.717, 1.165) is 5.56 Å². The lowest BCUT2D eigenvalue weighted by Gasteiger charge is -2.03. The normalized spacial score (nSPS) is 13.5. The number of nitrogens with zero attached hydrogens (tertiary/aromatic N) is 1. The third kappa shape index (κ3) is 2.05. The zero-order valence-electron chi connectivity index (χ0n) is 6.01. The van der Waals surface area contributed by atoms with Gasteiger partial charge in [-0.2, -0.15) is 0 Å². The van der Waals surface area contributed by atoms with Crippen LogP contribution in [0.25, 0.3) is 0 Å². The molecule has 3 nitrogen and oxygen atoms in total. The summed E-state index contributed by atoms with van der Waals surface area (Å²) in [5.74, 6) is 0. The fraction of sp³-hybridized carbons (Fsp3) is 0.125. The largest absolute Gasteiger partial charge is 0.411 e. The number of oxime groups is 1. The van der Waals surface area contributed by atoms with E-state index in [0.29, 0.717) is 0 Å². The SMILES string of the molecule is NC(C=NO)c1ccccc1. The second-order valence-electron chi connectivity index (χ2n) is 2.20. The summed E-state index contributed by atoms with van der Waals surface area (Å²) in [6, 6.07) is 9.13. The Bertz CT molecular complexity index is 233. The molecule has 0 saturated heterocycles. The Morgan fingerprint density at radius 1 is 1.36 bits per heavy atom. The molecule has 0 aliphatic rings. The first-order valence-corrected chi connectivity index (χ1v) is 3.32. The second-order valence-corrected chi connectivity index (χ2v) is 2.20. The number of nitrogens with two attached hydrogens (primary N) is 1. The molecule has 0 aliphatic carbocycles. The molecule has 0 amide bonds. The zero-order chi connectivity index (χ0) is 8.10. The van der Waals surface area contributed by atoms with Crippen molar-refractivity contribution in [1.29, 1.82) is 0 Å². The third-order valence-electron chi connectivity index (χ3n) is 1.41. The molecule has 1 rings (SSSR count). The van der Waals surface area contributed by atoms with Crippen LogP contribution in [0.4, 0.5) is 0 Å². The molecule has 0 heterocycles. The van der Waals surface area contributed by atoms with Crippen molar-refractivity contribution in [3.8, 4) is 0 Å². The lowest BCUT2D eigenvalue weighted by molar-refractivity contribution is 0.320. The molecule has 0 fully saturated rings. The van der Waals surface area contributed by atoms with Gasteiger partial charge < -0.3 is 10.9 Å². The van der Waals surface area contributed by atoms with E-state index >= 15 is 0 Å². The fourth-order valence-electron chi connectivity index (χ4n) is 0.833. The van der Waals surface area contributed by atoms with Crippen molar-refractivity contribution in [2.75, 3.05) is 0 Å². The van der Waals surface area contributed by atoms with Crippen LogP contribution in [0.5, 0.6) is 0 Å². The van der Waals surface area contributed by atoms with Crippen LogP contribution in [-0.4, -0.2) is 11.4 Å². The lowest BCUT2D eigenvalue weighted by Crippen LogP contribution is -2.10. The summed E-state index contributed by atoms with van der Waals surface area (Å²) in [7, 11) is 0. The van der Waals surface area contributed by atoms with Crippen molar-refractivity contribution in [1.82, 2.24) is 0 Å². The fourth-order valence-corrected chi connectivity index (χ4v) is 0.833. The minimum Gasteiger partial charge on any atom is -0.411 e. The molecule has 0 bridgehead atoms. The van der Waals surface area contributed by atoms with Crippen molar-refractivity contribution in [3.63, 3.8) is 0 Å². The van der Waals surface area contributed by atoms with E-state index in [1.54, 1.807) is 0 Å². The summed E-state index contributed by atoms with van der Waals surface area (Å²) in [6.07, 6.45) is 1.29. The van der Waals surface area contributed by atoms with Gasteiger partial charge in [-0.25, -0.2) is 0 Å². The molecule has 1 aromatic carbocycles. The average molecular weight is 150 g/mol. The van der Waals surface area contributed by atoms with E-state index in [4.69, 9.17) is 10.9 Å². The highest BCUT2D eigenvalue weighted by Gasteiger charge is 1.99. The zero-order valence-corrected chi connectivity index (χ0v) is 6.01. The molecule has 0 spiro atoms. The van der Waals surface area contributed by atoms with Gasteiger partial charge in [-0.15, -0.1) is 5.16 Å². The molecule has 58 valence electrons. The van der Waals surface area contributed by atoms with Crippen molar-refractivity contribution < 1.29 is 5.21 Å². The van der Waals surface area contributed by atoms with E-state index in [9.17, 15) is 0 Å².